The van der Waals surface area contributed by atoms with Crippen molar-refractivity contribution in [3.8, 4) is 0 Å². The molecule has 1 rings (SSSR count). The van der Waals surface area contributed by atoms with E-state index in [1.165, 1.54) is 0 Å². The third kappa shape index (κ3) is 4.51. The lowest BCUT2D eigenvalue weighted by Crippen LogP contribution is -2.47. The summed E-state index contributed by atoms with van der Waals surface area (Å²) in [5, 5.41) is 6.03. The van der Waals surface area contributed by atoms with Crippen LogP contribution in [-0.4, -0.2) is 30.8 Å². The second kappa shape index (κ2) is 4.84. The Hall–Kier alpha value is -0.770. The lowest BCUT2D eigenvalue weighted by atomic mass is 9.97. The van der Waals surface area contributed by atoms with E-state index in [-0.39, 0.29) is 17.7 Å². The second-order valence-electron chi connectivity index (χ2n) is 5.29. The van der Waals surface area contributed by atoms with Crippen LogP contribution in [0.1, 0.15) is 34.1 Å². The fraction of sp³-hybridized carbons (Fsp3) is 0.909. The summed E-state index contributed by atoms with van der Waals surface area (Å²) in [6.45, 7) is 9.72. The van der Waals surface area contributed by atoms with Crippen molar-refractivity contribution in [2.24, 2.45) is 5.92 Å². The summed E-state index contributed by atoms with van der Waals surface area (Å²) in [6, 6.07) is 0. The first-order chi connectivity index (χ1) is 6.88. The van der Waals surface area contributed by atoms with E-state index in [1.807, 2.05) is 20.8 Å². The molecule has 4 nitrogen and oxygen atoms in total. The smallest absolute Gasteiger partial charge is 0.407 e. The summed E-state index contributed by atoms with van der Waals surface area (Å²) in [6.07, 6.45) is 0.747. The van der Waals surface area contributed by atoms with Gasteiger partial charge in [-0.25, -0.2) is 4.79 Å². The summed E-state index contributed by atoms with van der Waals surface area (Å²) in [5.74, 6) is 0.442. The van der Waals surface area contributed by atoms with Crippen molar-refractivity contribution >= 4 is 6.09 Å². The molecule has 1 heterocycles. The van der Waals surface area contributed by atoms with E-state index in [1.54, 1.807) is 0 Å². The zero-order valence-electron chi connectivity index (χ0n) is 10.1. The van der Waals surface area contributed by atoms with E-state index in [9.17, 15) is 4.79 Å². The van der Waals surface area contributed by atoms with Crippen LogP contribution in [0.4, 0.5) is 4.79 Å². The quantitative estimate of drug-likeness (QED) is 0.695. The molecule has 1 aliphatic heterocycles. The van der Waals surface area contributed by atoms with Gasteiger partial charge in [0.05, 0.1) is 0 Å². The largest absolute Gasteiger partial charge is 0.445 e. The molecule has 1 saturated heterocycles. The van der Waals surface area contributed by atoms with Gasteiger partial charge in [0.25, 0.3) is 0 Å². The van der Waals surface area contributed by atoms with Crippen LogP contribution in [0.25, 0.3) is 0 Å². The van der Waals surface area contributed by atoms with E-state index in [0.29, 0.717) is 5.92 Å². The van der Waals surface area contributed by atoms with Crippen molar-refractivity contribution in [1.82, 2.24) is 10.6 Å². The number of hydrogen-bond donors (Lipinski definition) is 2. The second-order valence-corrected chi connectivity index (χ2v) is 5.29. The molecule has 4 heteroatoms. The predicted octanol–water partition coefficient (Wildman–Crippen LogP) is 1.51. The van der Waals surface area contributed by atoms with Gasteiger partial charge in [-0.1, -0.05) is 6.92 Å². The molecule has 0 saturated carbocycles. The van der Waals surface area contributed by atoms with E-state index < -0.39 is 0 Å². The van der Waals surface area contributed by atoms with Gasteiger partial charge in [0.1, 0.15) is 6.10 Å². The summed E-state index contributed by atoms with van der Waals surface area (Å²) >= 11 is 0. The number of alkyl carbamates (subject to hydrolysis) is 1. The number of amides is 1. The minimum Gasteiger partial charge on any atom is -0.445 e. The molecule has 0 bridgehead atoms. The summed E-state index contributed by atoms with van der Waals surface area (Å²) in [5.41, 5.74) is -0.234. The van der Waals surface area contributed by atoms with Crippen LogP contribution >= 0.6 is 0 Å². The van der Waals surface area contributed by atoms with E-state index in [4.69, 9.17) is 4.74 Å². The van der Waals surface area contributed by atoms with Crippen LogP contribution in [0.15, 0.2) is 0 Å². The minimum absolute atomic E-state index is 0.00102. The van der Waals surface area contributed by atoms with Crippen molar-refractivity contribution in [2.45, 2.75) is 45.8 Å². The number of nitrogens with one attached hydrogen (secondary N) is 2. The topological polar surface area (TPSA) is 50.4 Å². The minimum atomic E-state index is -0.317. The number of carbonyl (C=O) groups excluding carboxylic acids is 1. The maximum absolute atomic E-state index is 11.5. The van der Waals surface area contributed by atoms with Crippen LogP contribution in [0, 0.1) is 5.92 Å². The van der Waals surface area contributed by atoms with Gasteiger partial charge in [0.15, 0.2) is 0 Å². The van der Waals surface area contributed by atoms with Crippen LogP contribution < -0.4 is 10.6 Å². The average Bonchev–Trinajstić information content (AvgIpc) is 2.05. The van der Waals surface area contributed by atoms with Crippen LogP contribution in [0.2, 0.25) is 0 Å². The number of piperidine rings is 1. The zero-order chi connectivity index (χ0) is 11.5. The fourth-order valence-electron chi connectivity index (χ4n) is 1.59. The molecule has 1 amide bonds. The molecule has 0 unspecified atom stereocenters. The van der Waals surface area contributed by atoms with Gasteiger partial charge < -0.3 is 15.4 Å². The maximum atomic E-state index is 11.5. The van der Waals surface area contributed by atoms with E-state index in [2.05, 4.69) is 17.6 Å². The standard InChI is InChI=1S/C11H22N2O2/c1-8-5-6-12-7-9(8)15-10(14)13-11(2,3)4/h8-9,12H,5-7H2,1-4H3,(H,13,14)/t8-,9-/m0/s1. The number of carbonyl (C=O) groups is 1. The molecule has 2 atom stereocenters. The molecule has 0 aliphatic carbocycles. The SMILES string of the molecule is C[C@H]1CCNC[C@@H]1OC(=O)NC(C)(C)C. The van der Waals surface area contributed by atoms with Gasteiger partial charge in [-0.15, -0.1) is 0 Å². The Labute approximate surface area is 91.8 Å². The third-order valence-corrected chi connectivity index (χ3v) is 2.49. The van der Waals surface area contributed by atoms with Crippen LogP contribution in [-0.2, 0) is 4.74 Å². The molecular formula is C11H22N2O2. The zero-order valence-corrected chi connectivity index (χ0v) is 10.1. The predicted molar refractivity (Wildman–Crippen MR) is 59.8 cm³/mol. The van der Waals surface area contributed by atoms with Gasteiger partial charge in [0, 0.05) is 12.1 Å². The molecule has 0 aromatic heterocycles. The molecule has 0 aromatic rings. The van der Waals surface area contributed by atoms with Gasteiger partial charge in [-0.05, 0) is 39.7 Å². The molecular weight excluding hydrogens is 192 g/mol. The third-order valence-electron chi connectivity index (χ3n) is 2.49. The molecule has 2 N–H and O–H groups in total. The molecule has 15 heavy (non-hydrogen) atoms. The maximum Gasteiger partial charge on any atom is 0.407 e. The summed E-state index contributed by atoms with van der Waals surface area (Å²) in [4.78, 5) is 11.5. The highest BCUT2D eigenvalue weighted by Crippen LogP contribution is 2.15. The Bertz CT molecular complexity index is 223. The van der Waals surface area contributed by atoms with Crippen molar-refractivity contribution in [2.75, 3.05) is 13.1 Å². The monoisotopic (exact) mass is 214 g/mol. The van der Waals surface area contributed by atoms with Gasteiger partial charge in [-0.2, -0.15) is 0 Å². The normalized spacial score (nSPS) is 27.2. The Balaban J connectivity index is 2.36. The Kier molecular flexibility index (Phi) is 3.97. The number of rotatable bonds is 1. The van der Waals surface area contributed by atoms with Crippen molar-refractivity contribution in [3.05, 3.63) is 0 Å². The highest BCUT2D eigenvalue weighted by Gasteiger charge is 2.25. The molecule has 0 aromatic carbocycles. The number of ether oxygens (including phenoxy) is 1. The van der Waals surface area contributed by atoms with Gasteiger partial charge in [-0.3, -0.25) is 0 Å². The van der Waals surface area contributed by atoms with E-state index >= 15 is 0 Å². The van der Waals surface area contributed by atoms with E-state index in [0.717, 1.165) is 19.5 Å². The average molecular weight is 214 g/mol. The number of hydrogen-bond acceptors (Lipinski definition) is 3. The summed E-state index contributed by atoms with van der Waals surface area (Å²) in [7, 11) is 0. The van der Waals surface area contributed by atoms with Crippen molar-refractivity contribution in [1.29, 1.82) is 0 Å². The lowest BCUT2D eigenvalue weighted by molar-refractivity contribution is 0.0479. The highest BCUT2D eigenvalue weighted by molar-refractivity contribution is 5.68. The van der Waals surface area contributed by atoms with Gasteiger partial charge >= 0.3 is 6.09 Å². The molecule has 1 fully saturated rings. The highest BCUT2D eigenvalue weighted by atomic mass is 16.6. The first-order valence-corrected chi connectivity index (χ1v) is 5.58. The fourth-order valence-corrected chi connectivity index (χ4v) is 1.59. The molecule has 0 spiro atoms. The van der Waals surface area contributed by atoms with Crippen LogP contribution in [0.3, 0.4) is 0 Å². The Morgan fingerprint density at radius 3 is 2.67 bits per heavy atom. The lowest BCUT2D eigenvalue weighted by Gasteiger charge is -2.30. The molecule has 88 valence electrons. The first-order valence-electron chi connectivity index (χ1n) is 5.58. The van der Waals surface area contributed by atoms with Crippen molar-refractivity contribution < 1.29 is 9.53 Å². The van der Waals surface area contributed by atoms with Gasteiger partial charge in [0.2, 0.25) is 0 Å². The Morgan fingerprint density at radius 2 is 2.13 bits per heavy atom. The van der Waals surface area contributed by atoms with Crippen LogP contribution in [0.5, 0.6) is 0 Å². The molecule has 1 aliphatic rings. The van der Waals surface area contributed by atoms with Crippen molar-refractivity contribution in [3.63, 3.8) is 0 Å². The Morgan fingerprint density at radius 1 is 1.47 bits per heavy atom. The first kappa shape index (κ1) is 12.3. The summed E-state index contributed by atoms with van der Waals surface area (Å²) < 4.78 is 5.37. The molecule has 0 radical (unpaired) electrons.